The van der Waals surface area contributed by atoms with Gasteiger partial charge >= 0.3 is 0 Å². The first kappa shape index (κ1) is 25.8. The fraction of sp³-hybridized carbons (Fsp3) is 0.652. The number of carbonyl (C=O) groups is 1. The van der Waals surface area contributed by atoms with Crippen molar-refractivity contribution < 1.29 is 9.18 Å². The van der Waals surface area contributed by atoms with Crippen molar-refractivity contribution in [1.29, 1.82) is 0 Å². The molecular weight excluding hydrogens is 508 g/mol. The lowest BCUT2D eigenvalue weighted by atomic mass is 10.1. The van der Waals surface area contributed by atoms with Gasteiger partial charge in [0.25, 0.3) is 0 Å². The van der Waals surface area contributed by atoms with Crippen LogP contribution < -0.4 is 10.6 Å². The van der Waals surface area contributed by atoms with Gasteiger partial charge in [0.2, 0.25) is 5.91 Å². The Bertz CT molecular complexity index is 703. The Labute approximate surface area is 203 Å². The van der Waals surface area contributed by atoms with Crippen LogP contribution in [-0.4, -0.2) is 74.0 Å². The summed E-state index contributed by atoms with van der Waals surface area (Å²) in [6, 6.07) is 6.72. The monoisotopic (exact) mass is 545 g/mol. The van der Waals surface area contributed by atoms with Crippen molar-refractivity contribution in [2.45, 2.75) is 39.0 Å². The van der Waals surface area contributed by atoms with Gasteiger partial charge < -0.3 is 15.5 Å². The molecule has 0 atom stereocenters. The molecule has 8 heteroatoms. The number of halogens is 2. The number of guanidine groups is 1. The summed E-state index contributed by atoms with van der Waals surface area (Å²) < 4.78 is 13.3. The van der Waals surface area contributed by atoms with Gasteiger partial charge in [-0.1, -0.05) is 25.0 Å². The summed E-state index contributed by atoms with van der Waals surface area (Å²) in [6.45, 7) is 8.69. The molecule has 2 aliphatic rings. The molecule has 1 saturated carbocycles. The number of hydrogen-bond donors (Lipinski definition) is 2. The Morgan fingerprint density at radius 3 is 2.58 bits per heavy atom. The molecule has 0 aromatic heterocycles. The van der Waals surface area contributed by atoms with Crippen LogP contribution in [0.2, 0.25) is 0 Å². The smallest absolute Gasteiger partial charge is 0.225 e. The zero-order chi connectivity index (χ0) is 21.2. The molecule has 0 unspecified atom stereocenters. The predicted molar refractivity (Wildman–Crippen MR) is 134 cm³/mol. The van der Waals surface area contributed by atoms with E-state index in [1.54, 1.807) is 12.1 Å². The first-order chi connectivity index (χ1) is 14.7. The first-order valence-corrected chi connectivity index (χ1v) is 11.4. The van der Waals surface area contributed by atoms with E-state index in [0.29, 0.717) is 19.0 Å². The van der Waals surface area contributed by atoms with Crippen LogP contribution in [0.5, 0.6) is 0 Å². The summed E-state index contributed by atoms with van der Waals surface area (Å²) in [5.41, 5.74) is 0.975. The number of nitrogens with one attached hydrogen (secondary N) is 2. The molecule has 174 valence electrons. The average molecular weight is 545 g/mol. The third kappa shape index (κ3) is 8.56. The standard InChI is InChI=1S/C23H36FN5O.HI/c1-2-25-23(26-11-10-19-6-5-9-21(24)18-19)27-12-13-28-14-16-29(17-15-28)22(30)20-7-3-4-8-20;/h5-6,9,18,20H,2-4,7-8,10-17H2,1H3,(H2,25,26,27);1H. The molecule has 2 fully saturated rings. The van der Waals surface area contributed by atoms with Crippen LogP contribution in [-0.2, 0) is 11.2 Å². The van der Waals surface area contributed by atoms with Crippen LogP contribution >= 0.6 is 24.0 Å². The summed E-state index contributed by atoms with van der Waals surface area (Å²) in [4.78, 5) is 21.7. The van der Waals surface area contributed by atoms with E-state index < -0.39 is 0 Å². The third-order valence-electron chi connectivity index (χ3n) is 6.01. The first-order valence-electron chi connectivity index (χ1n) is 11.4. The van der Waals surface area contributed by atoms with Gasteiger partial charge in [-0.15, -0.1) is 24.0 Å². The van der Waals surface area contributed by atoms with Crippen molar-refractivity contribution in [2.75, 3.05) is 52.4 Å². The van der Waals surface area contributed by atoms with Crippen molar-refractivity contribution in [3.63, 3.8) is 0 Å². The number of rotatable bonds is 8. The van der Waals surface area contributed by atoms with E-state index in [0.717, 1.165) is 70.1 Å². The van der Waals surface area contributed by atoms with E-state index >= 15 is 0 Å². The molecule has 0 radical (unpaired) electrons. The summed E-state index contributed by atoms with van der Waals surface area (Å²) in [7, 11) is 0. The van der Waals surface area contributed by atoms with Crippen molar-refractivity contribution in [1.82, 2.24) is 20.4 Å². The summed E-state index contributed by atoms with van der Waals surface area (Å²) in [6.07, 6.45) is 5.32. The van der Waals surface area contributed by atoms with Crippen molar-refractivity contribution in [2.24, 2.45) is 10.9 Å². The second-order valence-corrected chi connectivity index (χ2v) is 8.22. The lowest BCUT2D eigenvalue weighted by Crippen LogP contribution is -2.50. The summed E-state index contributed by atoms with van der Waals surface area (Å²) >= 11 is 0. The van der Waals surface area contributed by atoms with Crippen LogP contribution in [0.25, 0.3) is 0 Å². The van der Waals surface area contributed by atoms with E-state index in [2.05, 4.69) is 25.4 Å². The molecule has 1 saturated heterocycles. The molecular formula is C23H37FIN5O. The number of carbonyl (C=O) groups excluding carboxylic acids is 1. The maximum Gasteiger partial charge on any atom is 0.225 e. The molecule has 1 aliphatic carbocycles. The van der Waals surface area contributed by atoms with Gasteiger partial charge in [0.1, 0.15) is 5.82 Å². The fourth-order valence-corrected chi connectivity index (χ4v) is 4.29. The number of hydrogen-bond acceptors (Lipinski definition) is 3. The van der Waals surface area contributed by atoms with Gasteiger partial charge in [0.15, 0.2) is 5.96 Å². The second-order valence-electron chi connectivity index (χ2n) is 8.22. The van der Waals surface area contributed by atoms with Crippen molar-refractivity contribution in [3.8, 4) is 0 Å². The van der Waals surface area contributed by atoms with Gasteiger partial charge in [-0.05, 0) is 43.9 Å². The minimum absolute atomic E-state index is 0. The largest absolute Gasteiger partial charge is 0.357 e. The Kier molecular flexibility index (Phi) is 11.6. The van der Waals surface area contributed by atoms with Crippen molar-refractivity contribution in [3.05, 3.63) is 35.6 Å². The Morgan fingerprint density at radius 2 is 1.90 bits per heavy atom. The lowest BCUT2D eigenvalue weighted by molar-refractivity contribution is -0.137. The molecule has 1 heterocycles. The van der Waals surface area contributed by atoms with E-state index in [1.165, 1.54) is 18.9 Å². The molecule has 3 rings (SSSR count). The highest BCUT2D eigenvalue weighted by Crippen LogP contribution is 2.26. The molecule has 0 bridgehead atoms. The van der Waals surface area contributed by atoms with Gasteiger partial charge in [-0.2, -0.15) is 0 Å². The molecule has 1 aliphatic heterocycles. The van der Waals surface area contributed by atoms with Crippen LogP contribution in [0, 0.1) is 11.7 Å². The predicted octanol–water partition coefficient (Wildman–Crippen LogP) is 2.88. The van der Waals surface area contributed by atoms with Crippen LogP contribution in [0.4, 0.5) is 4.39 Å². The normalized spacial score (nSPS) is 18.0. The molecule has 31 heavy (non-hydrogen) atoms. The summed E-state index contributed by atoms with van der Waals surface area (Å²) in [5, 5.41) is 6.59. The topological polar surface area (TPSA) is 60.0 Å². The Balaban J connectivity index is 0.00000341. The average Bonchev–Trinajstić information content (AvgIpc) is 3.29. The molecule has 1 amide bonds. The Hall–Kier alpha value is -1.42. The van der Waals surface area contributed by atoms with Gasteiger partial charge in [0, 0.05) is 51.7 Å². The fourth-order valence-electron chi connectivity index (χ4n) is 4.29. The van der Waals surface area contributed by atoms with Crippen LogP contribution in [0.1, 0.15) is 38.2 Å². The second kappa shape index (κ2) is 13.9. The third-order valence-corrected chi connectivity index (χ3v) is 6.01. The number of nitrogens with zero attached hydrogens (tertiary/aromatic N) is 3. The zero-order valence-electron chi connectivity index (χ0n) is 18.6. The maximum atomic E-state index is 13.3. The van der Waals surface area contributed by atoms with Gasteiger partial charge in [0.05, 0.1) is 6.54 Å². The zero-order valence-corrected chi connectivity index (χ0v) is 20.9. The number of aliphatic imine (C=N–C) groups is 1. The minimum Gasteiger partial charge on any atom is -0.357 e. The Morgan fingerprint density at radius 1 is 1.16 bits per heavy atom. The molecule has 6 nitrogen and oxygen atoms in total. The number of piperazine rings is 1. The van der Waals surface area contributed by atoms with Gasteiger partial charge in [-0.25, -0.2) is 4.39 Å². The highest BCUT2D eigenvalue weighted by atomic mass is 127. The SMILES string of the molecule is CCNC(=NCCN1CCN(C(=O)C2CCCC2)CC1)NCCc1cccc(F)c1.I. The lowest BCUT2D eigenvalue weighted by Gasteiger charge is -2.35. The molecule has 2 N–H and O–H groups in total. The molecule has 0 spiro atoms. The van der Waals surface area contributed by atoms with E-state index in [9.17, 15) is 9.18 Å². The van der Waals surface area contributed by atoms with Gasteiger partial charge in [-0.3, -0.25) is 14.7 Å². The maximum absolute atomic E-state index is 13.3. The van der Waals surface area contributed by atoms with E-state index in [1.807, 2.05) is 13.0 Å². The number of amides is 1. The van der Waals surface area contributed by atoms with E-state index in [-0.39, 0.29) is 35.7 Å². The highest BCUT2D eigenvalue weighted by molar-refractivity contribution is 14.0. The minimum atomic E-state index is -0.196. The number of benzene rings is 1. The molecule has 1 aromatic carbocycles. The molecule has 1 aromatic rings. The summed E-state index contributed by atoms with van der Waals surface area (Å²) in [5.74, 6) is 1.26. The quantitative estimate of drug-likeness (QED) is 0.300. The van der Waals surface area contributed by atoms with Crippen LogP contribution in [0.15, 0.2) is 29.3 Å². The van der Waals surface area contributed by atoms with Crippen LogP contribution in [0.3, 0.4) is 0 Å². The van der Waals surface area contributed by atoms with Crippen molar-refractivity contribution >= 4 is 35.8 Å². The highest BCUT2D eigenvalue weighted by Gasteiger charge is 2.29. The van der Waals surface area contributed by atoms with E-state index in [4.69, 9.17) is 0 Å².